The van der Waals surface area contributed by atoms with Crippen LogP contribution in [0.1, 0.15) is 51.3 Å². The van der Waals surface area contributed by atoms with Gasteiger partial charge in [0.05, 0.1) is 0 Å². The van der Waals surface area contributed by atoms with Crippen molar-refractivity contribution in [2.75, 3.05) is 4.90 Å². The molecule has 1 nitrogen and oxygen atoms in total. The van der Waals surface area contributed by atoms with Crippen molar-refractivity contribution < 1.29 is 0 Å². The molecule has 1 aliphatic rings. The Morgan fingerprint density at radius 2 is 1.00 bits per heavy atom. The fourth-order valence-electron chi connectivity index (χ4n) is 8.60. The molecule has 0 bridgehead atoms. The van der Waals surface area contributed by atoms with Gasteiger partial charge >= 0.3 is 0 Å². The van der Waals surface area contributed by atoms with Crippen molar-refractivity contribution >= 4 is 17.1 Å². The van der Waals surface area contributed by atoms with E-state index >= 15 is 0 Å². The van der Waals surface area contributed by atoms with Gasteiger partial charge in [-0.15, -0.1) is 0 Å². The zero-order chi connectivity index (χ0) is 37.6. The topological polar surface area (TPSA) is 3.24 Å². The summed E-state index contributed by atoms with van der Waals surface area (Å²) < 4.78 is 0. The van der Waals surface area contributed by atoms with Crippen molar-refractivity contribution in [2.24, 2.45) is 0 Å². The Labute approximate surface area is 331 Å². The summed E-state index contributed by atoms with van der Waals surface area (Å²) in [5.74, 6) is 7.82. The first kappa shape index (κ1) is 34.9. The number of para-hydroxylation sites is 2. The van der Waals surface area contributed by atoms with Crippen molar-refractivity contribution in [3.8, 4) is 23.0 Å². The maximum Gasteiger partial charge on any atom is 0.108 e. The highest BCUT2D eigenvalue weighted by Gasteiger charge is 2.44. The lowest BCUT2D eigenvalue weighted by atomic mass is 9.72. The number of fused-ring (bicyclic) bond motifs is 3. The molecule has 1 heteroatoms. The molecular formula is C55H43N. The van der Waals surface area contributed by atoms with E-state index in [9.17, 15) is 0 Å². The Hall–Kier alpha value is -6.88. The van der Waals surface area contributed by atoms with E-state index in [1.165, 1.54) is 44.5 Å². The lowest BCUT2D eigenvalue weighted by molar-refractivity contribution is 0.621. The number of hydrogen-bond donors (Lipinski definition) is 0. The Kier molecular flexibility index (Phi) is 9.86. The molecule has 0 fully saturated rings. The summed E-state index contributed by atoms with van der Waals surface area (Å²) >= 11 is 0. The SMILES string of the molecule is C(#CC1(c2ccccc2)c2ccccc2-c2c(CC(CCc3ccc(N(c4ccccc4)c4ccccc4)cc3)c3ccccc3)cccc21)c1ccccc1. The Morgan fingerprint density at radius 1 is 0.464 bits per heavy atom. The van der Waals surface area contributed by atoms with Gasteiger partial charge in [-0.1, -0.05) is 182 Å². The van der Waals surface area contributed by atoms with E-state index < -0.39 is 5.41 Å². The minimum absolute atomic E-state index is 0.335. The highest BCUT2D eigenvalue weighted by Crippen LogP contribution is 2.54. The summed E-state index contributed by atoms with van der Waals surface area (Å²) in [7, 11) is 0. The molecule has 1 aliphatic carbocycles. The molecule has 0 aliphatic heterocycles. The van der Waals surface area contributed by atoms with Crippen LogP contribution in [0, 0.1) is 11.8 Å². The predicted molar refractivity (Wildman–Crippen MR) is 234 cm³/mol. The first-order chi connectivity index (χ1) is 27.8. The van der Waals surface area contributed by atoms with Gasteiger partial charge in [0.25, 0.3) is 0 Å². The molecule has 2 atom stereocenters. The highest BCUT2D eigenvalue weighted by atomic mass is 15.1. The number of anilines is 3. The number of hydrogen-bond acceptors (Lipinski definition) is 1. The summed E-state index contributed by atoms with van der Waals surface area (Å²) in [6.45, 7) is 0. The quantitative estimate of drug-likeness (QED) is 0.127. The van der Waals surface area contributed by atoms with Crippen LogP contribution in [-0.2, 0) is 18.3 Å². The largest absolute Gasteiger partial charge is 0.311 e. The van der Waals surface area contributed by atoms with Gasteiger partial charge in [0, 0.05) is 22.6 Å². The van der Waals surface area contributed by atoms with Crippen LogP contribution in [0.4, 0.5) is 17.1 Å². The van der Waals surface area contributed by atoms with Crippen molar-refractivity contribution in [3.63, 3.8) is 0 Å². The summed E-state index contributed by atoms with van der Waals surface area (Å²) in [4.78, 5) is 2.32. The number of benzene rings is 8. The number of rotatable bonds is 10. The third kappa shape index (κ3) is 6.83. The van der Waals surface area contributed by atoms with Crippen molar-refractivity contribution in [2.45, 2.75) is 30.6 Å². The standard InChI is InChI=1S/C55H43N/c1-6-19-42(20-7-1)39-40-55(47-24-10-3-11-25-47)52-31-17-16-30-51(52)54-46(23-18-32-53(54)55)41-45(44-21-8-2-9-22-44)36-33-43-34-37-50(38-35-43)56(48-26-12-4-13-27-48)49-28-14-5-15-29-49/h1-32,34-35,37-38,45H,33,36,41H2. The summed E-state index contributed by atoms with van der Waals surface area (Å²) in [5.41, 5.74) is 14.3. The maximum absolute atomic E-state index is 3.88. The van der Waals surface area contributed by atoms with E-state index in [2.05, 4.69) is 229 Å². The predicted octanol–water partition coefficient (Wildman–Crippen LogP) is 13.5. The third-order valence-corrected chi connectivity index (χ3v) is 11.3. The van der Waals surface area contributed by atoms with Crippen LogP contribution in [0.2, 0.25) is 0 Å². The second-order valence-electron chi connectivity index (χ2n) is 14.6. The number of nitrogens with zero attached hydrogens (tertiary/aromatic N) is 1. The van der Waals surface area contributed by atoms with E-state index in [0.717, 1.165) is 41.9 Å². The lowest BCUT2D eigenvalue weighted by Crippen LogP contribution is -2.25. The summed E-state index contributed by atoms with van der Waals surface area (Å²) in [5, 5.41) is 0. The summed E-state index contributed by atoms with van der Waals surface area (Å²) in [6.07, 6.45) is 2.96. The van der Waals surface area contributed by atoms with Gasteiger partial charge in [-0.3, -0.25) is 0 Å². The molecule has 0 saturated heterocycles. The second-order valence-corrected chi connectivity index (χ2v) is 14.6. The van der Waals surface area contributed by atoms with Crippen LogP contribution in [-0.4, -0.2) is 0 Å². The van der Waals surface area contributed by atoms with E-state index in [1.807, 2.05) is 6.07 Å². The van der Waals surface area contributed by atoms with Gasteiger partial charge in [-0.05, 0) is 118 Å². The average Bonchev–Trinajstić information content (AvgIpc) is 3.57. The molecule has 0 amide bonds. The zero-order valence-electron chi connectivity index (χ0n) is 31.4. The van der Waals surface area contributed by atoms with Gasteiger partial charge in [-0.2, -0.15) is 0 Å². The van der Waals surface area contributed by atoms with E-state index in [0.29, 0.717) is 5.92 Å². The Balaban J connectivity index is 1.07. The van der Waals surface area contributed by atoms with Gasteiger partial charge in [0.1, 0.15) is 5.41 Å². The smallest absolute Gasteiger partial charge is 0.108 e. The normalized spacial score (nSPS) is 14.5. The van der Waals surface area contributed by atoms with Crippen LogP contribution in [0.5, 0.6) is 0 Å². The molecule has 8 aromatic carbocycles. The molecule has 56 heavy (non-hydrogen) atoms. The monoisotopic (exact) mass is 717 g/mol. The molecule has 2 unspecified atom stereocenters. The average molecular weight is 718 g/mol. The minimum atomic E-state index is -0.587. The van der Waals surface area contributed by atoms with E-state index in [4.69, 9.17) is 0 Å². The van der Waals surface area contributed by atoms with E-state index in [-0.39, 0.29) is 0 Å². The summed E-state index contributed by atoms with van der Waals surface area (Å²) in [6, 6.07) is 78.6. The molecule has 0 heterocycles. The fraction of sp³-hybridized carbons (Fsp3) is 0.0909. The Bertz CT molecular complexity index is 2550. The van der Waals surface area contributed by atoms with Gasteiger partial charge < -0.3 is 4.90 Å². The van der Waals surface area contributed by atoms with Gasteiger partial charge in [0.2, 0.25) is 0 Å². The third-order valence-electron chi connectivity index (χ3n) is 11.3. The Morgan fingerprint density at radius 3 is 1.66 bits per heavy atom. The van der Waals surface area contributed by atoms with Crippen LogP contribution in [0.25, 0.3) is 11.1 Å². The molecule has 0 saturated carbocycles. The number of aryl methyl sites for hydroxylation is 1. The first-order valence-electron chi connectivity index (χ1n) is 19.7. The first-order valence-corrected chi connectivity index (χ1v) is 19.7. The van der Waals surface area contributed by atoms with Crippen LogP contribution >= 0.6 is 0 Å². The molecule has 0 aromatic heterocycles. The van der Waals surface area contributed by atoms with E-state index in [1.54, 1.807) is 0 Å². The molecule has 0 spiro atoms. The van der Waals surface area contributed by atoms with Gasteiger partial charge in [0.15, 0.2) is 0 Å². The zero-order valence-corrected chi connectivity index (χ0v) is 31.4. The highest BCUT2D eigenvalue weighted by molar-refractivity contribution is 5.88. The van der Waals surface area contributed by atoms with Crippen LogP contribution < -0.4 is 4.90 Å². The van der Waals surface area contributed by atoms with Crippen molar-refractivity contribution in [3.05, 3.63) is 257 Å². The molecule has 8 aromatic rings. The van der Waals surface area contributed by atoms with Crippen molar-refractivity contribution in [1.82, 2.24) is 0 Å². The second kappa shape index (κ2) is 15.8. The fourth-order valence-corrected chi connectivity index (χ4v) is 8.60. The molecule has 0 radical (unpaired) electrons. The molecule has 0 N–H and O–H groups in total. The molecule has 9 rings (SSSR count). The van der Waals surface area contributed by atoms with Gasteiger partial charge in [-0.25, -0.2) is 0 Å². The van der Waals surface area contributed by atoms with Crippen molar-refractivity contribution in [1.29, 1.82) is 0 Å². The lowest BCUT2D eigenvalue weighted by Gasteiger charge is -2.28. The van der Waals surface area contributed by atoms with Crippen LogP contribution in [0.15, 0.2) is 218 Å². The minimum Gasteiger partial charge on any atom is -0.311 e. The molecular weight excluding hydrogens is 675 g/mol. The van der Waals surface area contributed by atoms with Crippen LogP contribution in [0.3, 0.4) is 0 Å². The maximum atomic E-state index is 3.88. The molecule has 268 valence electrons.